The first kappa shape index (κ1) is 16.9. The topological polar surface area (TPSA) is 67.8 Å². The van der Waals surface area contributed by atoms with Crippen LogP contribution in [0.3, 0.4) is 0 Å². The van der Waals surface area contributed by atoms with E-state index in [1.807, 2.05) is 0 Å². The highest BCUT2D eigenvalue weighted by atomic mass is 35.5. The van der Waals surface area contributed by atoms with Crippen molar-refractivity contribution in [2.45, 2.75) is 12.5 Å². The molecule has 1 aliphatic heterocycles. The number of carbonyl (C=O) groups excluding carboxylic acids is 1. The molecular formula is C17H15Cl2NO4. The maximum atomic E-state index is 12.1. The Labute approximate surface area is 149 Å². The highest BCUT2D eigenvalue weighted by Crippen LogP contribution is 2.34. The lowest BCUT2D eigenvalue weighted by atomic mass is 10.1. The molecule has 3 rings (SSSR count). The molecule has 0 radical (unpaired) electrons. The first-order chi connectivity index (χ1) is 11.5. The van der Waals surface area contributed by atoms with Crippen LogP contribution in [0, 0.1) is 0 Å². The quantitative estimate of drug-likeness (QED) is 0.847. The van der Waals surface area contributed by atoms with Crippen LogP contribution in [0.25, 0.3) is 0 Å². The van der Waals surface area contributed by atoms with Gasteiger partial charge in [0, 0.05) is 11.6 Å². The number of hydrogen-bond acceptors (Lipinski definition) is 4. The van der Waals surface area contributed by atoms with Gasteiger partial charge in [0.05, 0.1) is 16.7 Å². The Morgan fingerprint density at radius 2 is 1.96 bits per heavy atom. The Hall–Kier alpha value is -1.95. The maximum absolute atomic E-state index is 12.1. The molecule has 0 aromatic heterocycles. The van der Waals surface area contributed by atoms with Crippen molar-refractivity contribution in [3.05, 3.63) is 57.6 Å². The summed E-state index contributed by atoms with van der Waals surface area (Å²) in [7, 11) is 0. The van der Waals surface area contributed by atoms with E-state index < -0.39 is 6.10 Å². The first-order valence-electron chi connectivity index (χ1n) is 7.35. The molecule has 5 nitrogen and oxygen atoms in total. The van der Waals surface area contributed by atoms with Gasteiger partial charge in [-0.2, -0.15) is 0 Å². The summed E-state index contributed by atoms with van der Waals surface area (Å²) in [5.41, 5.74) is 1.01. The van der Waals surface area contributed by atoms with Gasteiger partial charge < -0.3 is 19.9 Å². The average molecular weight is 368 g/mol. The predicted molar refractivity (Wildman–Crippen MR) is 90.9 cm³/mol. The van der Waals surface area contributed by atoms with Crippen LogP contribution in [-0.2, 0) is 0 Å². The zero-order chi connectivity index (χ0) is 17.1. The number of rotatable bonds is 5. The summed E-state index contributed by atoms with van der Waals surface area (Å²) in [5, 5.41) is 13.7. The van der Waals surface area contributed by atoms with Crippen molar-refractivity contribution in [2.75, 3.05) is 13.3 Å². The number of nitrogens with one attached hydrogen (secondary N) is 1. The molecular weight excluding hydrogens is 353 g/mol. The minimum absolute atomic E-state index is 0.186. The molecule has 0 bridgehead atoms. The lowest BCUT2D eigenvalue weighted by Gasteiger charge is -2.13. The fourth-order valence-electron chi connectivity index (χ4n) is 2.38. The van der Waals surface area contributed by atoms with Crippen molar-refractivity contribution in [3.8, 4) is 11.5 Å². The average Bonchev–Trinajstić information content (AvgIpc) is 3.04. The molecule has 0 saturated heterocycles. The van der Waals surface area contributed by atoms with E-state index in [0.717, 1.165) is 0 Å². The molecule has 0 saturated carbocycles. The van der Waals surface area contributed by atoms with E-state index in [4.69, 9.17) is 32.7 Å². The van der Waals surface area contributed by atoms with Gasteiger partial charge in [0.25, 0.3) is 5.91 Å². The van der Waals surface area contributed by atoms with Crippen LogP contribution in [0.2, 0.25) is 10.0 Å². The molecule has 2 N–H and O–H groups in total. The standard InChI is InChI=1S/C17H15Cl2NO4/c18-11-2-3-13(19)12(8-11)17(22)20-6-5-14(21)10-1-4-15-16(7-10)24-9-23-15/h1-4,7-8,14,21H,5-6,9H2,(H,20,22). The molecule has 1 unspecified atom stereocenters. The number of benzene rings is 2. The van der Waals surface area contributed by atoms with E-state index in [-0.39, 0.29) is 19.2 Å². The number of aliphatic hydroxyl groups excluding tert-OH is 1. The van der Waals surface area contributed by atoms with Crippen LogP contribution in [0.1, 0.15) is 28.4 Å². The summed E-state index contributed by atoms with van der Waals surface area (Å²) in [6.45, 7) is 0.475. The van der Waals surface area contributed by atoms with Crippen LogP contribution in [0.15, 0.2) is 36.4 Å². The third-order valence-electron chi connectivity index (χ3n) is 3.66. The SMILES string of the molecule is O=C(NCCC(O)c1ccc2c(c1)OCO2)c1cc(Cl)ccc1Cl. The third-order valence-corrected chi connectivity index (χ3v) is 4.22. The minimum Gasteiger partial charge on any atom is -0.454 e. The summed E-state index contributed by atoms with van der Waals surface area (Å²) < 4.78 is 10.5. The van der Waals surface area contributed by atoms with Crippen molar-refractivity contribution in [2.24, 2.45) is 0 Å². The second-order valence-electron chi connectivity index (χ2n) is 5.30. The van der Waals surface area contributed by atoms with Gasteiger partial charge in [-0.1, -0.05) is 29.3 Å². The van der Waals surface area contributed by atoms with E-state index in [9.17, 15) is 9.90 Å². The van der Waals surface area contributed by atoms with Crippen LogP contribution in [0.5, 0.6) is 11.5 Å². The molecule has 24 heavy (non-hydrogen) atoms. The highest BCUT2D eigenvalue weighted by Gasteiger charge is 2.17. The monoisotopic (exact) mass is 367 g/mol. The van der Waals surface area contributed by atoms with Crippen LogP contribution < -0.4 is 14.8 Å². The van der Waals surface area contributed by atoms with Crippen LogP contribution in [0.4, 0.5) is 0 Å². The van der Waals surface area contributed by atoms with Crippen molar-refractivity contribution in [1.29, 1.82) is 0 Å². The fraction of sp³-hybridized carbons (Fsp3) is 0.235. The van der Waals surface area contributed by atoms with E-state index >= 15 is 0 Å². The molecule has 0 fully saturated rings. The predicted octanol–water partition coefficient (Wildman–Crippen LogP) is 3.58. The van der Waals surface area contributed by atoms with Gasteiger partial charge in [-0.25, -0.2) is 0 Å². The van der Waals surface area contributed by atoms with E-state index in [0.29, 0.717) is 39.1 Å². The highest BCUT2D eigenvalue weighted by molar-refractivity contribution is 6.35. The Morgan fingerprint density at radius 3 is 2.79 bits per heavy atom. The number of ether oxygens (including phenoxy) is 2. The van der Waals surface area contributed by atoms with Gasteiger partial charge in [-0.05, 0) is 42.3 Å². The Morgan fingerprint density at radius 1 is 1.17 bits per heavy atom. The van der Waals surface area contributed by atoms with Gasteiger partial charge in [0.15, 0.2) is 11.5 Å². The Bertz CT molecular complexity index is 766. The number of hydrogen-bond donors (Lipinski definition) is 2. The minimum atomic E-state index is -0.727. The molecule has 2 aromatic carbocycles. The maximum Gasteiger partial charge on any atom is 0.252 e. The Balaban J connectivity index is 1.56. The van der Waals surface area contributed by atoms with E-state index in [2.05, 4.69) is 5.32 Å². The summed E-state index contributed by atoms with van der Waals surface area (Å²) in [6, 6.07) is 9.96. The van der Waals surface area contributed by atoms with E-state index in [1.54, 1.807) is 30.3 Å². The Kier molecular flexibility index (Phi) is 5.14. The smallest absolute Gasteiger partial charge is 0.252 e. The van der Waals surface area contributed by atoms with Crippen molar-refractivity contribution >= 4 is 29.1 Å². The lowest BCUT2D eigenvalue weighted by Crippen LogP contribution is -2.26. The molecule has 7 heteroatoms. The molecule has 1 atom stereocenters. The zero-order valence-electron chi connectivity index (χ0n) is 12.6. The van der Waals surface area contributed by atoms with Gasteiger partial charge in [0.2, 0.25) is 6.79 Å². The normalized spacial score (nSPS) is 13.6. The van der Waals surface area contributed by atoms with E-state index in [1.165, 1.54) is 6.07 Å². The van der Waals surface area contributed by atoms with Gasteiger partial charge >= 0.3 is 0 Å². The molecule has 0 aliphatic carbocycles. The van der Waals surface area contributed by atoms with Crippen molar-refractivity contribution in [1.82, 2.24) is 5.32 Å². The summed E-state index contributed by atoms with van der Waals surface area (Å²) in [4.78, 5) is 12.1. The third kappa shape index (κ3) is 3.75. The molecule has 0 spiro atoms. The summed E-state index contributed by atoms with van der Waals surface area (Å²) in [5.74, 6) is 0.941. The molecule has 126 valence electrons. The molecule has 1 amide bonds. The molecule has 2 aromatic rings. The van der Waals surface area contributed by atoms with Crippen LogP contribution in [-0.4, -0.2) is 24.4 Å². The number of halogens is 2. The first-order valence-corrected chi connectivity index (χ1v) is 8.11. The number of fused-ring (bicyclic) bond motifs is 1. The summed E-state index contributed by atoms with van der Waals surface area (Å²) in [6.07, 6.45) is -0.376. The number of aliphatic hydroxyl groups is 1. The van der Waals surface area contributed by atoms with Crippen LogP contribution >= 0.6 is 23.2 Å². The van der Waals surface area contributed by atoms with Crippen molar-refractivity contribution < 1.29 is 19.4 Å². The zero-order valence-corrected chi connectivity index (χ0v) is 14.1. The molecule has 1 heterocycles. The largest absolute Gasteiger partial charge is 0.454 e. The van der Waals surface area contributed by atoms with Gasteiger partial charge in [0.1, 0.15) is 0 Å². The van der Waals surface area contributed by atoms with Gasteiger partial charge in [-0.15, -0.1) is 0 Å². The van der Waals surface area contributed by atoms with Gasteiger partial charge in [-0.3, -0.25) is 4.79 Å². The lowest BCUT2D eigenvalue weighted by molar-refractivity contribution is 0.0942. The number of carbonyl (C=O) groups is 1. The second-order valence-corrected chi connectivity index (χ2v) is 6.14. The summed E-state index contributed by atoms with van der Waals surface area (Å²) >= 11 is 11.9. The second kappa shape index (κ2) is 7.30. The number of amides is 1. The van der Waals surface area contributed by atoms with Crippen molar-refractivity contribution in [3.63, 3.8) is 0 Å². The fourth-order valence-corrected chi connectivity index (χ4v) is 2.75. The molecule has 1 aliphatic rings.